The van der Waals surface area contributed by atoms with Crippen molar-refractivity contribution >= 4 is 11.3 Å². The molecule has 3 atom stereocenters. The van der Waals surface area contributed by atoms with Crippen molar-refractivity contribution < 1.29 is 0 Å². The van der Waals surface area contributed by atoms with E-state index in [9.17, 15) is 0 Å². The lowest BCUT2D eigenvalue weighted by molar-refractivity contribution is 0.352. The summed E-state index contributed by atoms with van der Waals surface area (Å²) in [6.45, 7) is 5.86. The summed E-state index contributed by atoms with van der Waals surface area (Å²) in [4.78, 5) is 1.56. The number of nitrogens with one attached hydrogen (secondary N) is 1. The minimum Gasteiger partial charge on any atom is -0.314 e. The first-order valence-electron chi connectivity index (χ1n) is 6.57. The van der Waals surface area contributed by atoms with Gasteiger partial charge in [-0.2, -0.15) is 0 Å². The molecule has 2 rings (SSSR count). The molecule has 0 radical (unpaired) electrons. The molecule has 1 nitrogen and oxygen atoms in total. The smallest absolute Gasteiger partial charge is 0.00955 e. The highest BCUT2D eigenvalue weighted by atomic mass is 32.1. The Morgan fingerprint density at radius 3 is 3.00 bits per heavy atom. The fourth-order valence-corrected chi connectivity index (χ4v) is 3.64. The normalized spacial score (nSPS) is 29.8. The Morgan fingerprint density at radius 1 is 1.44 bits per heavy atom. The summed E-state index contributed by atoms with van der Waals surface area (Å²) in [5, 5.41) is 5.89. The van der Waals surface area contributed by atoms with Crippen LogP contribution < -0.4 is 5.32 Å². The van der Waals surface area contributed by atoms with Crippen molar-refractivity contribution in [2.24, 2.45) is 11.8 Å². The molecule has 16 heavy (non-hydrogen) atoms. The Kier molecular flexibility index (Phi) is 4.42. The minimum absolute atomic E-state index is 0.768. The molecule has 0 aromatic carbocycles. The second kappa shape index (κ2) is 5.83. The van der Waals surface area contributed by atoms with E-state index >= 15 is 0 Å². The van der Waals surface area contributed by atoms with Gasteiger partial charge in [0, 0.05) is 10.9 Å². The maximum Gasteiger partial charge on any atom is 0.00955 e. The molecule has 1 saturated carbocycles. The van der Waals surface area contributed by atoms with E-state index in [1.807, 2.05) is 11.3 Å². The summed E-state index contributed by atoms with van der Waals surface area (Å²) in [5.74, 6) is 1.74. The van der Waals surface area contributed by atoms with Gasteiger partial charge in [0.2, 0.25) is 0 Å². The lowest BCUT2D eigenvalue weighted by Crippen LogP contribution is -2.33. The topological polar surface area (TPSA) is 12.0 Å². The van der Waals surface area contributed by atoms with E-state index in [0.29, 0.717) is 0 Å². The monoisotopic (exact) mass is 237 g/mol. The molecule has 90 valence electrons. The van der Waals surface area contributed by atoms with Crippen LogP contribution in [0, 0.1) is 11.8 Å². The summed E-state index contributed by atoms with van der Waals surface area (Å²) in [6, 6.07) is 5.22. The van der Waals surface area contributed by atoms with Crippen molar-refractivity contribution in [3.8, 4) is 0 Å². The predicted molar refractivity (Wildman–Crippen MR) is 72.0 cm³/mol. The molecular formula is C14H23NS. The zero-order valence-corrected chi connectivity index (χ0v) is 11.2. The van der Waals surface area contributed by atoms with E-state index in [4.69, 9.17) is 0 Å². The maximum absolute atomic E-state index is 3.69. The molecule has 0 saturated heterocycles. The maximum atomic E-state index is 3.69. The third-order valence-corrected chi connectivity index (χ3v) is 4.83. The van der Waals surface area contributed by atoms with E-state index in [2.05, 4.69) is 36.7 Å². The highest BCUT2D eigenvalue weighted by molar-refractivity contribution is 7.09. The summed E-state index contributed by atoms with van der Waals surface area (Å²) in [7, 11) is 0. The molecule has 1 aromatic rings. The molecule has 0 bridgehead atoms. The van der Waals surface area contributed by atoms with Gasteiger partial charge in [-0.3, -0.25) is 0 Å². The highest BCUT2D eigenvalue weighted by Gasteiger charge is 2.32. The molecular weight excluding hydrogens is 214 g/mol. The van der Waals surface area contributed by atoms with E-state index in [1.54, 1.807) is 4.88 Å². The lowest BCUT2D eigenvalue weighted by atomic mass is 9.92. The number of thiophene rings is 1. The zero-order chi connectivity index (χ0) is 11.4. The van der Waals surface area contributed by atoms with Gasteiger partial charge in [0.1, 0.15) is 0 Å². The largest absolute Gasteiger partial charge is 0.314 e. The van der Waals surface area contributed by atoms with Gasteiger partial charge in [0.25, 0.3) is 0 Å². The first-order valence-corrected chi connectivity index (χ1v) is 7.45. The van der Waals surface area contributed by atoms with Gasteiger partial charge in [-0.05, 0) is 55.5 Å². The van der Waals surface area contributed by atoms with Crippen molar-refractivity contribution in [1.29, 1.82) is 0 Å². The van der Waals surface area contributed by atoms with Crippen LogP contribution in [0.4, 0.5) is 0 Å². The van der Waals surface area contributed by atoms with Crippen LogP contribution in [0.25, 0.3) is 0 Å². The highest BCUT2D eigenvalue weighted by Crippen LogP contribution is 2.35. The van der Waals surface area contributed by atoms with Gasteiger partial charge in [-0.15, -0.1) is 11.3 Å². The van der Waals surface area contributed by atoms with Gasteiger partial charge in [-0.25, -0.2) is 0 Å². The van der Waals surface area contributed by atoms with E-state index in [-0.39, 0.29) is 0 Å². The zero-order valence-electron chi connectivity index (χ0n) is 10.4. The Bertz CT molecular complexity index is 294. The van der Waals surface area contributed by atoms with Crippen LogP contribution in [0.1, 0.15) is 38.0 Å². The number of hydrogen-bond donors (Lipinski definition) is 1. The molecule has 0 spiro atoms. The van der Waals surface area contributed by atoms with Crippen LogP contribution in [-0.2, 0) is 6.42 Å². The molecule has 1 aliphatic carbocycles. The second-order valence-electron chi connectivity index (χ2n) is 5.04. The summed E-state index contributed by atoms with van der Waals surface area (Å²) in [6.07, 6.45) is 5.32. The van der Waals surface area contributed by atoms with Crippen LogP contribution >= 0.6 is 11.3 Å². The molecule has 1 N–H and O–H groups in total. The molecule has 1 heterocycles. The Hall–Kier alpha value is -0.340. The minimum atomic E-state index is 0.768. The van der Waals surface area contributed by atoms with Crippen molar-refractivity contribution in [2.45, 2.75) is 45.6 Å². The molecule has 0 amide bonds. The van der Waals surface area contributed by atoms with Gasteiger partial charge < -0.3 is 5.32 Å². The summed E-state index contributed by atoms with van der Waals surface area (Å²) >= 11 is 1.91. The Labute approximate surface area is 103 Å². The van der Waals surface area contributed by atoms with Crippen LogP contribution in [0.2, 0.25) is 0 Å². The third-order valence-electron chi connectivity index (χ3n) is 3.93. The van der Waals surface area contributed by atoms with Gasteiger partial charge >= 0.3 is 0 Å². The van der Waals surface area contributed by atoms with Gasteiger partial charge in [-0.1, -0.05) is 19.9 Å². The summed E-state index contributed by atoms with van der Waals surface area (Å²) in [5.41, 5.74) is 0. The second-order valence-corrected chi connectivity index (χ2v) is 6.07. The van der Waals surface area contributed by atoms with Gasteiger partial charge in [0.15, 0.2) is 0 Å². The Morgan fingerprint density at radius 2 is 2.31 bits per heavy atom. The van der Waals surface area contributed by atoms with Crippen molar-refractivity contribution in [3.63, 3.8) is 0 Å². The SMILES string of the molecule is CCCNC1CCC(Cc2cccs2)C1C. The molecule has 2 heteroatoms. The molecule has 1 aromatic heterocycles. The van der Waals surface area contributed by atoms with Crippen LogP contribution in [0.15, 0.2) is 17.5 Å². The van der Waals surface area contributed by atoms with Crippen LogP contribution in [0.3, 0.4) is 0 Å². The predicted octanol–water partition coefficient (Wildman–Crippen LogP) is 3.70. The Balaban J connectivity index is 1.84. The molecule has 1 aliphatic rings. The third kappa shape index (κ3) is 2.86. The average Bonchev–Trinajstić information content (AvgIpc) is 2.89. The van der Waals surface area contributed by atoms with Crippen molar-refractivity contribution in [3.05, 3.63) is 22.4 Å². The van der Waals surface area contributed by atoms with E-state index < -0.39 is 0 Å². The molecule has 3 unspecified atom stereocenters. The lowest BCUT2D eigenvalue weighted by Gasteiger charge is -2.21. The van der Waals surface area contributed by atoms with Crippen molar-refractivity contribution in [2.75, 3.05) is 6.54 Å². The van der Waals surface area contributed by atoms with E-state index in [1.165, 1.54) is 32.2 Å². The van der Waals surface area contributed by atoms with Crippen LogP contribution in [-0.4, -0.2) is 12.6 Å². The summed E-state index contributed by atoms with van der Waals surface area (Å²) < 4.78 is 0. The van der Waals surface area contributed by atoms with Crippen LogP contribution in [0.5, 0.6) is 0 Å². The average molecular weight is 237 g/mol. The molecule has 1 fully saturated rings. The number of hydrogen-bond acceptors (Lipinski definition) is 2. The fraction of sp³-hybridized carbons (Fsp3) is 0.714. The molecule has 0 aliphatic heterocycles. The fourth-order valence-electron chi connectivity index (χ4n) is 2.84. The first-order chi connectivity index (χ1) is 7.81. The quantitative estimate of drug-likeness (QED) is 0.823. The van der Waals surface area contributed by atoms with Gasteiger partial charge in [0.05, 0.1) is 0 Å². The number of rotatable bonds is 5. The standard InChI is InChI=1S/C14H23NS/c1-3-8-15-14-7-6-12(11(14)2)10-13-5-4-9-16-13/h4-5,9,11-12,14-15H,3,6-8,10H2,1-2H3. The first kappa shape index (κ1) is 12.1. The van der Waals surface area contributed by atoms with E-state index in [0.717, 1.165) is 17.9 Å². The van der Waals surface area contributed by atoms with Crippen molar-refractivity contribution in [1.82, 2.24) is 5.32 Å².